The Kier molecular flexibility index (Phi) is 2.44. The first kappa shape index (κ1) is 9.85. The van der Waals surface area contributed by atoms with Crippen molar-refractivity contribution in [2.24, 2.45) is 4.99 Å². The lowest BCUT2D eigenvalue weighted by Crippen LogP contribution is -2.56. The molecule has 6 heteroatoms. The van der Waals surface area contributed by atoms with E-state index in [0.29, 0.717) is 5.90 Å². The first-order chi connectivity index (χ1) is 6.63. The summed E-state index contributed by atoms with van der Waals surface area (Å²) >= 11 is 0. The molecular weight excluding hydrogens is 190 g/mol. The van der Waals surface area contributed by atoms with Gasteiger partial charge in [-0.15, -0.1) is 0 Å². The molecule has 1 fully saturated rings. The van der Waals surface area contributed by atoms with Gasteiger partial charge >= 0.3 is 0 Å². The Labute approximate surface area is 80.8 Å². The molecule has 0 spiro atoms. The molecule has 0 aromatic rings. The van der Waals surface area contributed by atoms with Gasteiger partial charge in [0.2, 0.25) is 6.29 Å². The zero-order valence-corrected chi connectivity index (χ0v) is 7.70. The summed E-state index contributed by atoms with van der Waals surface area (Å²) < 4.78 is 10.4. The molecule has 2 rings (SSSR count). The fraction of sp³-hybridized carbons (Fsp3) is 0.875. The van der Waals surface area contributed by atoms with Gasteiger partial charge in [-0.1, -0.05) is 0 Å². The van der Waals surface area contributed by atoms with Crippen molar-refractivity contribution in [2.45, 2.75) is 37.6 Å². The van der Waals surface area contributed by atoms with E-state index in [1.165, 1.54) is 0 Å². The molecule has 0 amide bonds. The molecule has 5 atom stereocenters. The highest BCUT2D eigenvalue weighted by atomic mass is 16.7. The Morgan fingerprint density at radius 1 is 1.36 bits per heavy atom. The average Bonchev–Trinajstić information content (AvgIpc) is 2.52. The van der Waals surface area contributed by atoms with E-state index in [1.807, 2.05) is 0 Å². The normalized spacial score (nSPS) is 46.9. The van der Waals surface area contributed by atoms with E-state index in [4.69, 9.17) is 14.6 Å². The number of hydrogen-bond donors (Lipinski definition) is 3. The summed E-state index contributed by atoms with van der Waals surface area (Å²) in [5, 5.41) is 28.0. The zero-order valence-electron chi connectivity index (χ0n) is 7.70. The van der Waals surface area contributed by atoms with Crippen LogP contribution in [0.2, 0.25) is 0 Å². The van der Waals surface area contributed by atoms with Gasteiger partial charge < -0.3 is 24.8 Å². The van der Waals surface area contributed by atoms with Crippen LogP contribution in [0.15, 0.2) is 4.99 Å². The van der Waals surface area contributed by atoms with Crippen molar-refractivity contribution in [1.29, 1.82) is 0 Å². The summed E-state index contributed by atoms with van der Waals surface area (Å²) in [7, 11) is 0. The van der Waals surface area contributed by atoms with E-state index >= 15 is 0 Å². The first-order valence-electron chi connectivity index (χ1n) is 4.47. The molecule has 1 saturated heterocycles. The minimum atomic E-state index is -1.13. The van der Waals surface area contributed by atoms with Crippen LogP contribution in [0.3, 0.4) is 0 Å². The van der Waals surface area contributed by atoms with Crippen LogP contribution in [0.1, 0.15) is 6.92 Å². The zero-order chi connectivity index (χ0) is 10.3. The SMILES string of the molecule is CC1=N[C@H]2[C@@H](O1)O[C@H](CO)[C@@H](O)[C@@H]2O. The van der Waals surface area contributed by atoms with Crippen molar-refractivity contribution in [3.05, 3.63) is 0 Å². The van der Waals surface area contributed by atoms with Crippen LogP contribution in [0.25, 0.3) is 0 Å². The summed E-state index contributed by atoms with van der Waals surface area (Å²) in [6.07, 6.45) is -3.68. The Bertz CT molecular complexity index is 256. The molecule has 0 aromatic carbocycles. The van der Waals surface area contributed by atoms with Crippen molar-refractivity contribution < 1.29 is 24.8 Å². The Balaban J connectivity index is 2.14. The van der Waals surface area contributed by atoms with Gasteiger partial charge in [0, 0.05) is 6.92 Å². The van der Waals surface area contributed by atoms with E-state index in [2.05, 4.69) is 4.99 Å². The number of ether oxygens (including phenoxy) is 2. The highest BCUT2D eigenvalue weighted by molar-refractivity contribution is 5.75. The van der Waals surface area contributed by atoms with Crippen LogP contribution in [0.5, 0.6) is 0 Å². The fourth-order valence-electron chi connectivity index (χ4n) is 1.71. The molecule has 2 heterocycles. The Morgan fingerprint density at radius 3 is 2.71 bits per heavy atom. The van der Waals surface area contributed by atoms with Gasteiger partial charge in [-0.25, -0.2) is 4.99 Å². The molecule has 14 heavy (non-hydrogen) atoms. The Hall–Kier alpha value is -0.690. The van der Waals surface area contributed by atoms with Gasteiger partial charge in [-0.2, -0.15) is 0 Å². The van der Waals surface area contributed by atoms with Gasteiger partial charge in [0.15, 0.2) is 5.90 Å². The van der Waals surface area contributed by atoms with E-state index in [0.717, 1.165) is 0 Å². The second kappa shape index (κ2) is 3.47. The molecule has 0 bridgehead atoms. The monoisotopic (exact) mass is 203 g/mol. The third-order valence-electron chi connectivity index (χ3n) is 2.47. The molecule has 0 saturated carbocycles. The molecule has 2 aliphatic rings. The molecule has 80 valence electrons. The van der Waals surface area contributed by atoms with Gasteiger partial charge in [0.05, 0.1) is 6.61 Å². The number of rotatable bonds is 1. The minimum absolute atomic E-state index is 0.357. The summed E-state index contributed by atoms with van der Waals surface area (Å²) in [5.41, 5.74) is 0. The molecule has 0 unspecified atom stereocenters. The van der Waals surface area contributed by atoms with Crippen LogP contribution >= 0.6 is 0 Å². The summed E-state index contributed by atoms with van der Waals surface area (Å²) in [6.45, 7) is 1.29. The van der Waals surface area contributed by atoms with Gasteiger partial charge in [-0.05, 0) is 0 Å². The minimum Gasteiger partial charge on any atom is -0.450 e. The van der Waals surface area contributed by atoms with Crippen LogP contribution in [0, 0.1) is 0 Å². The van der Waals surface area contributed by atoms with Crippen molar-refractivity contribution >= 4 is 5.90 Å². The smallest absolute Gasteiger partial charge is 0.227 e. The molecule has 0 aliphatic carbocycles. The number of hydrogen-bond acceptors (Lipinski definition) is 6. The molecule has 0 aromatic heterocycles. The lowest BCUT2D eigenvalue weighted by atomic mass is 9.98. The van der Waals surface area contributed by atoms with E-state index < -0.39 is 30.6 Å². The number of fused-ring (bicyclic) bond motifs is 1. The molecule has 0 radical (unpaired) electrons. The summed E-state index contributed by atoms with van der Waals surface area (Å²) in [4.78, 5) is 3.99. The first-order valence-corrected chi connectivity index (χ1v) is 4.47. The van der Waals surface area contributed by atoms with E-state index in [9.17, 15) is 10.2 Å². The maximum atomic E-state index is 9.64. The van der Waals surface area contributed by atoms with Crippen molar-refractivity contribution in [1.82, 2.24) is 0 Å². The second-order valence-corrected chi connectivity index (χ2v) is 3.46. The number of nitrogens with zero attached hydrogens (tertiary/aromatic N) is 1. The van der Waals surface area contributed by atoms with Gasteiger partial charge in [0.1, 0.15) is 24.4 Å². The highest BCUT2D eigenvalue weighted by Gasteiger charge is 2.48. The third kappa shape index (κ3) is 1.40. The molecule has 3 N–H and O–H groups in total. The number of aliphatic hydroxyl groups excluding tert-OH is 3. The molecule has 2 aliphatic heterocycles. The number of aliphatic hydroxyl groups is 3. The molecule has 6 nitrogen and oxygen atoms in total. The van der Waals surface area contributed by atoms with Crippen LogP contribution in [0.4, 0.5) is 0 Å². The Morgan fingerprint density at radius 2 is 2.07 bits per heavy atom. The number of aliphatic imine (C=N–C) groups is 1. The molecular formula is C8H13NO5. The van der Waals surface area contributed by atoms with Crippen LogP contribution < -0.4 is 0 Å². The summed E-state index contributed by atoms with van der Waals surface area (Å²) in [6, 6.07) is -0.590. The maximum Gasteiger partial charge on any atom is 0.227 e. The predicted molar refractivity (Wildman–Crippen MR) is 45.7 cm³/mol. The van der Waals surface area contributed by atoms with Crippen molar-refractivity contribution in [3.63, 3.8) is 0 Å². The maximum absolute atomic E-state index is 9.64. The fourth-order valence-corrected chi connectivity index (χ4v) is 1.71. The second-order valence-electron chi connectivity index (χ2n) is 3.46. The van der Waals surface area contributed by atoms with Crippen molar-refractivity contribution in [3.8, 4) is 0 Å². The average molecular weight is 203 g/mol. The van der Waals surface area contributed by atoms with E-state index in [-0.39, 0.29) is 6.61 Å². The van der Waals surface area contributed by atoms with Crippen molar-refractivity contribution in [2.75, 3.05) is 6.61 Å². The lowest BCUT2D eigenvalue weighted by Gasteiger charge is -2.36. The lowest BCUT2D eigenvalue weighted by molar-refractivity contribution is -0.234. The van der Waals surface area contributed by atoms with Gasteiger partial charge in [-0.3, -0.25) is 0 Å². The predicted octanol–water partition coefficient (Wildman–Crippen LogP) is -1.76. The standard InChI is InChI=1S/C8H13NO5/c1-3-9-5-7(12)6(11)4(2-10)14-8(5)13-3/h4-8,10-12H,2H2,1H3/t4-,5-,6-,7-,8+/m1/s1. The van der Waals surface area contributed by atoms with Crippen LogP contribution in [-0.4, -0.2) is 58.5 Å². The largest absolute Gasteiger partial charge is 0.450 e. The van der Waals surface area contributed by atoms with E-state index in [1.54, 1.807) is 6.92 Å². The quantitative estimate of drug-likeness (QED) is 0.469. The van der Waals surface area contributed by atoms with Gasteiger partial charge in [0.25, 0.3) is 0 Å². The third-order valence-corrected chi connectivity index (χ3v) is 2.47. The summed E-state index contributed by atoms with van der Waals surface area (Å²) in [5.74, 6) is 0.421. The van der Waals surface area contributed by atoms with Crippen LogP contribution in [-0.2, 0) is 9.47 Å². The highest BCUT2D eigenvalue weighted by Crippen LogP contribution is 2.28. The topological polar surface area (TPSA) is 91.5 Å².